The van der Waals surface area contributed by atoms with Crippen molar-refractivity contribution < 1.29 is 19.2 Å². The molecule has 0 N–H and O–H groups in total. The van der Waals surface area contributed by atoms with E-state index < -0.39 is 5.41 Å². The zero-order valence-electron chi connectivity index (χ0n) is 13.1. The lowest BCUT2D eigenvalue weighted by Gasteiger charge is -2.28. The van der Waals surface area contributed by atoms with E-state index in [1.165, 1.54) is 19.9 Å². The first-order valence-corrected chi connectivity index (χ1v) is 7.59. The Labute approximate surface area is 134 Å². The van der Waals surface area contributed by atoms with Gasteiger partial charge in [-0.05, 0) is 32.8 Å². The average Bonchev–Trinajstić information content (AvgIpc) is 2.45. The van der Waals surface area contributed by atoms with Crippen LogP contribution in [0.4, 0.5) is 0 Å². The molecule has 0 amide bonds. The molecule has 1 fully saturated rings. The van der Waals surface area contributed by atoms with Crippen molar-refractivity contribution in [2.45, 2.75) is 52.9 Å². The van der Waals surface area contributed by atoms with E-state index in [-0.39, 0.29) is 40.4 Å². The lowest BCUT2D eigenvalue weighted by atomic mass is 9.72. The predicted molar refractivity (Wildman–Crippen MR) is 83.9 cm³/mol. The smallest absolute Gasteiger partial charge is 0.188 e. The monoisotopic (exact) mass is 325 g/mol. The lowest BCUT2D eigenvalue weighted by Crippen LogP contribution is -2.37. The van der Waals surface area contributed by atoms with Gasteiger partial charge in [0, 0.05) is 19.8 Å². The van der Waals surface area contributed by atoms with Crippen molar-refractivity contribution >= 4 is 40.4 Å². The summed E-state index contributed by atoms with van der Waals surface area (Å²) in [5, 5.41) is 0.217. The molecule has 0 bridgehead atoms. The van der Waals surface area contributed by atoms with E-state index in [1.54, 1.807) is 6.92 Å². The van der Waals surface area contributed by atoms with Crippen LogP contribution in [0.25, 0.3) is 0 Å². The molecule has 0 aromatic carbocycles. The zero-order chi connectivity index (χ0) is 16.9. The number of carbonyl (C=O) groups excluding carboxylic acids is 4. The molecular formula is C16H20ClNO4. The number of nitrogens with zero attached hydrogens (tertiary/aromatic N) is 1. The fourth-order valence-electron chi connectivity index (χ4n) is 2.32. The van der Waals surface area contributed by atoms with Crippen LogP contribution in [0.2, 0.25) is 0 Å². The first-order valence-electron chi connectivity index (χ1n) is 7.21. The maximum Gasteiger partial charge on any atom is 0.188 e. The first-order chi connectivity index (χ1) is 10.2. The molecule has 0 spiro atoms. The van der Waals surface area contributed by atoms with Gasteiger partial charge in [0.05, 0.1) is 5.41 Å². The highest BCUT2D eigenvalue weighted by molar-refractivity contribution is 6.66. The number of Topliss-reactive ketones (excluding diaryl/α,β-unsaturated/α-hetero) is 4. The SMILES string of the molecule is CC(=O)C1(C)CCCCC1=O.CC(=O)C1=NC(Cl)=CCC1=O. The number of carbonyl (C=O) groups is 4. The third-order valence-corrected chi connectivity index (χ3v) is 4.23. The number of hydrogen-bond acceptors (Lipinski definition) is 5. The minimum absolute atomic E-state index is 0.0298. The summed E-state index contributed by atoms with van der Waals surface area (Å²) in [4.78, 5) is 47.7. The van der Waals surface area contributed by atoms with Gasteiger partial charge in [0.2, 0.25) is 0 Å². The Hall–Kier alpha value is -1.62. The Bertz CT molecular complexity index is 577. The Morgan fingerprint density at radius 3 is 2.27 bits per heavy atom. The van der Waals surface area contributed by atoms with Crippen molar-refractivity contribution in [3.05, 3.63) is 11.2 Å². The first kappa shape index (κ1) is 18.4. The van der Waals surface area contributed by atoms with Crippen molar-refractivity contribution in [1.82, 2.24) is 0 Å². The van der Waals surface area contributed by atoms with E-state index in [0.29, 0.717) is 6.42 Å². The highest BCUT2D eigenvalue weighted by Crippen LogP contribution is 2.33. The van der Waals surface area contributed by atoms with Crippen LogP contribution < -0.4 is 0 Å². The molecule has 2 rings (SSSR count). The molecule has 120 valence electrons. The van der Waals surface area contributed by atoms with E-state index in [2.05, 4.69) is 4.99 Å². The molecule has 5 nitrogen and oxygen atoms in total. The molecule has 1 aliphatic heterocycles. The van der Waals surface area contributed by atoms with Crippen LogP contribution in [0.15, 0.2) is 16.2 Å². The molecule has 0 saturated heterocycles. The highest BCUT2D eigenvalue weighted by atomic mass is 35.5. The predicted octanol–water partition coefficient (Wildman–Crippen LogP) is 2.79. The molecule has 0 aromatic heterocycles. The van der Waals surface area contributed by atoms with E-state index in [1.807, 2.05) is 0 Å². The molecule has 1 heterocycles. The number of hydrogen-bond donors (Lipinski definition) is 0. The van der Waals surface area contributed by atoms with Gasteiger partial charge in [-0.15, -0.1) is 0 Å². The number of aliphatic imine (C=N–C) groups is 1. The molecule has 1 unspecified atom stereocenters. The van der Waals surface area contributed by atoms with E-state index in [9.17, 15) is 19.2 Å². The standard InChI is InChI=1S/C9H14O2.C7H6ClNO2/c1-7(10)9(2)6-4-3-5-8(9)11;1-4(10)7-5(11)2-3-6(8)9-7/h3-6H2,1-2H3;3H,2H2,1H3. The maximum absolute atomic E-state index is 11.3. The van der Waals surface area contributed by atoms with E-state index in [0.717, 1.165) is 19.3 Å². The van der Waals surface area contributed by atoms with Gasteiger partial charge in [0.15, 0.2) is 17.3 Å². The minimum atomic E-state index is -0.641. The Kier molecular flexibility index (Phi) is 6.35. The van der Waals surface area contributed by atoms with Crippen molar-refractivity contribution in [2.75, 3.05) is 0 Å². The summed E-state index contributed by atoms with van der Waals surface area (Å²) in [6.07, 6.45) is 4.98. The van der Waals surface area contributed by atoms with Gasteiger partial charge in [0.1, 0.15) is 16.7 Å². The van der Waals surface area contributed by atoms with E-state index in [4.69, 9.17) is 11.6 Å². The summed E-state index contributed by atoms with van der Waals surface area (Å²) in [6, 6.07) is 0. The molecule has 1 saturated carbocycles. The minimum Gasteiger partial charge on any atom is -0.299 e. The fourth-order valence-corrected chi connectivity index (χ4v) is 2.48. The van der Waals surface area contributed by atoms with Gasteiger partial charge in [-0.3, -0.25) is 19.2 Å². The average molecular weight is 326 g/mol. The number of rotatable bonds is 2. The lowest BCUT2D eigenvalue weighted by molar-refractivity contribution is -0.140. The highest BCUT2D eigenvalue weighted by Gasteiger charge is 2.38. The second-order valence-electron chi connectivity index (χ2n) is 5.69. The molecule has 1 aliphatic carbocycles. The van der Waals surface area contributed by atoms with Crippen molar-refractivity contribution in [1.29, 1.82) is 0 Å². The fraction of sp³-hybridized carbons (Fsp3) is 0.562. The summed E-state index contributed by atoms with van der Waals surface area (Å²) in [7, 11) is 0. The van der Waals surface area contributed by atoms with Crippen LogP contribution in [0, 0.1) is 5.41 Å². The van der Waals surface area contributed by atoms with Gasteiger partial charge in [-0.1, -0.05) is 18.0 Å². The quantitative estimate of drug-likeness (QED) is 0.577. The van der Waals surface area contributed by atoms with Gasteiger partial charge >= 0.3 is 0 Å². The molecule has 22 heavy (non-hydrogen) atoms. The number of ketones is 4. The maximum atomic E-state index is 11.3. The summed E-state index contributed by atoms with van der Waals surface area (Å²) >= 11 is 5.49. The van der Waals surface area contributed by atoms with Gasteiger partial charge in [-0.2, -0.15) is 0 Å². The summed E-state index contributed by atoms with van der Waals surface area (Å²) < 4.78 is 0. The Morgan fingerprint density at radius 2 is 1.86 bits per heavy atom. The number of allylic oxidation sites excluding steroid dienone is 1. The van der Waals surface area contributed by atoms with Crippen LogP contribution in [0.3, 0.4) is 0 Å². The molecule has 2 aliphatic rings. The van der Waals surface area contributed by atoms with Crippen LogP contribution >= 0.6 is 11.6 Å². The Morgan fingerprint density at radius 1 is 1.23 bits per heavy atom. The van der Waals surface area contributed by atoms with Gasteiger partial charge < -0.3 is 0 Å². The third-order valence-electron chi connectivity index (χ3n) is 4.00. The topological polar surface area (TPSA) is 80.6 Å². The molecule has 6 heteroatoms. The van der Waals surface area contributed by atoms with Crippen LogP contribution in [-0.2, 0) is 19.2 Å². The van der Waals surface area contributed by atoms with Crippen LogP contribution in [0.1, 0.15) is 52.9 Å². The normalized spacial score (nSPS) is 24.7. The second-order valence-corrected chi connectivity index (χ2v) is 6.08. The van der Waals surface area contributed by atoms with Crippen LogP contribution in [-0.4, -0.2) is 28.8 Å². The summed E-state index contributed by atoms with van der Waals surface area (Å²) in [6.45, 7) is 4.59. The summed E-state index contributed by atoms with van der Waals surface area (Å²) in [5.74, 6) is -0.429. The van der Waals surface area contributed by atoms with Gasteiger partial charge in [0.25, 0.3) is 0 Å². The third kappa shape index (κ3) is 4.44. The Balaban J connectivity index is 0.000000220. The van der Waals surface area contributed by atoms with Crippen LogP contribution in [0.5, 0.6) is 0 Å². The zero-order valence-corrected chi connectivity index (χ0v) is 13.8. The number of halogens is 1. The molecular weight excluding hydrogens is 306 g/mol. The summed E-state index contributed by atoms with van der Waals surface area (Å²) in [5.41, 5.74) is -0.685. The van der Waals surface area contributed by atoms with E-state index >= 15 is 0 Å². The van der Waals surface area contributed by atoms with Crippen molar-refractivity contribution in [3.8, 4) is 0 Å². The largest absolute Gasteiger partial charge is 0.299 e. The molecule has 1 atom stereocenters. The van der Waals surface area contributed by atoms with Gasteiger partial charge in [-0.25, -0.2) is 4.99 Å². The second kappa shape index (κ2) is 7.58. The molecule has 0 radical (unpaired) electrons. The molecule has 0 aromatic rings. The van der Waals surface area contributed by atoms with Crippen molar-refractivity contribution in [3.63, 3.8) is 0 Å². The van der Waals surface area contributed by atoms with Crippen molar-refractivity contribution in [2.24, 2.45) is 10.4 Å².